The molecule has 0 aliphatic carbocycles. The predicted octanol–water partition coefficient (Wildman–Crippen LogP) is 4.57. The van der Waals surface area contributed by atoms with Crippen LogP contribution >= 0.6 is 11.8 Å². The molecule has 1 saturated heterocycles. The number of benzene rings is 2. The van der Waals surface area contributed by atoms with Gasteiger partial charge in [-0.15, -0.1) is 0 Å². The van der Waals surface area contributed by atoms with Gasteiger partial charge in [0.25, 0.3) is 0 Å². The van der Waals surface area contributed by atoms with Gasteiger partial charge in [0.1, 0.15) is 5.82 Å². The number of carbonyl (C=O) groups is 1. The molecule has 146 valence electrons. The van der Waals surface area contributed by atoms with Crippen molar-refractivity contribution < 1.29 is 9.18 Å². The van der Waals surface area contributed by atoms with Crippen LogP contribution in [0.2, 0.25) is 0 Å². The lowest BCUT2D eigenvalue weighted by Gasteiger charge is -2.30. The zero-order chi connectivity index (χ0) is 19.5. The first-order valence-electron chi connectivity index (χ1n) is 9.71. The molecule has 4 rings (SSSR count). The largest absolute Gasteiger partial charge is 0.342 e. The number of imidazole rings is 1. The summed E-state index contributed by atoms with van der Waals surface area (Å²) in [5.41, 5.74) is 2.43. The van der Waals surface area contributed by atoms with Gasteiger partial charge in [0.05, 0.1) is 23.3 Å². The highest BCUT2D eigenvalue weighted by molar-refractivity contribution is 7.99. The Morgan fingerprint density at radius 2 is 2.00 bits per heavy atom. The minimum absolute atomic E-state index is 0.154. The zero-order valence-electron chi connectivity index (χ0n) is 16.0. The molecule has 3 aromatic rings. The second kappa shape index (κ2) is 8.35. The van der Waals surface area contributed by atoms with Crippen LogP contribution in [0.1, 0.15) is 25.3 Å². The lowest BCUT2D eigenvalue weighted by atomic mass is 10.0. The minimum Gasteiger partial charge on any atom is -0.342 e. The van der Waals surface area contributed by atoms with E-state index in [1.54, 1.807) is 12.1 Å². The van der Waals surface area contributed by atoms with E-state index in [2.05, 4.69) is 6.92 Å². The number of thioether (sulfide) groups is 1. The molecule has 1 aliphatic heterocycles. The Balaban J connectivity index is 1.56. The number of para-hydroxylation sites is 2. The molecule has 1 aromatic heterocycles. The first-order valence-corrected chi connectivity index (χ1v) is 10.7. The molecule has 1 amide bonds. The number of aromatic nitrogens is 2. The molecule has 0 saturated carbocycles. The highest BCUT2D eigenvalue weighted by Gasteiger charge is 2.22. The van der Waals surface area contributed by atoms with Gasteiger partial charge in [0.15, 0.2) is 5.16 Å². The second-order valence-electron chi connectivity index (χ2n) is 7.44. The standard InChI is InChI=1S/C22H24FN3OS/c1-16-7-6-12-25(13-16)21(27)15-28-22-24-19-10-4-5-11-20(19)26(22)14-17-8-2-3-9-18(17)23/h2-5,8-11,16H,6-7,12-15H2,1H3. The molecule has 2 aromatic carbocycles. The van der Waals surface area contributed by atoms with Crippen molar-refractivity contribution in [3.63, 3.8) is 0 Å². The first-order chi connectivity index (χ1) is 13.6. The van der Waals surface area contributed by atoms with Crippen molar-refractivity contribution in [3.05, 3.63) is 59.9 Å². The summed E-state index contributed by atoms with van der Waals surface area (Å²) >= 11 is 1.44. The summed E-state index contributed by atoms with van der Waals surface area (Å²) in [5.74, 6) is 0.844. The number of halogens is 1. The van der Waals surface area contributed by atoms with E-state index in [-0.39, 0.29) is 11.7 Å². The molecule has 0 bridgehead atoms. The highest BCUT2D eigenvalue weighted by atomic mass is 32.2. The smallest absolute Gasteiger partial charge is 0.233 e. The lowest BCUT2D eigenvalue weighted by molar-refractivity contribution is -0.130. The number of nitrogens with zero attached hydrogens (tertiary/aromatic N) is 3. The summed E-state index contributed by atoms with van der Waals surface area (Å²) < 4.78 is 16.2. The molecular weight excluding hydrogens is 373 g/mol. The number of hydrogen-bond donors (Lipinski definition) is 0. The van der Waals surface area contributed by atoms with E-state index in [0.717, 1.165) is 35.7 Å². The molecule has 0 radical (unpaired) electrons. The van der Waals surface area contributed by atoms with Crippen molar-refractivity contribution in [2.45, 2.75) is 31.5 Å². The number of amides is 1. The summed E-state index contributed by atoms with van der Waals surface area (Å²) in [6.07, 6.45) is 2.26. The van der Waals surface area contributed by atoms with E-state index in [1.165, 1.54) is 24.2 Å². The molecule has 0 N–H and O–H groups in total. The Kier molecular flexibility index (Phi) is 5.67. The number of fused-ring (bicyclic) bond motifs is 1. The second-order valence-corrected chi connectivity index (χ2v) is 8.38. The molecular formula is C22H24FN3OS. The van der Waals surface area contributed by atoms with E-state index < -0.39 is 0 Å². The van der Waals surface area contributed by atoms with Gasteiger partial charge in [0.2, 0.25) is 5.91 Å². The van der Waals surface area contributed by atoms with Gasteiger partial charge in [-0.05, 0) is 37.0 Å². The van der Waals surface area contributed by atoms with Crippen molar-refractivity contribution in [3.8, 4) is 0 Å². The Labute approximate surface area is 168 Å². The molecule has 28 heavy (non-hydrogen) atoms. The van der Waals surface area contributed by atoms with Crippen molar-refractivity contribution in [1.29, 1.82) is 0 Å². The van der Waals surface area contributed by atoms with Gasteiger partial charge < -0.3 is 9.47 Å². The summed E-state index contributed by atoms with van der Waals surface area (Å²) in [4.78, 5) is 19.3. The average Bonchev–Trinajstić information content (AvgIpc) is 3.05. The van der Waals surface area contributed by atoms with Crippen LogP contribution in [0, 0.1) is 11.7 Å². The van der Waals surface area contributed by atoms with Crippen LogP contribution in [0.25, 0.3) is 11.0 Å². The average molecular weight is 398 g/mol. The van der Waals surface area contributed by atoms with Crippen LogP contribution in [0.4, 0.5) is 4.39 Å². The van der Waals surface area contributed by atoms with Gasteiger partial charge in [0, 0.05) is 18.7 Å². The molecule has 1 fully saturated rings. The fourth-order valence-corrected chi connectivity index (χ4v) is 4.66. The predicted molar refractivity (Wildman–Crippen MR) is 111 cm³/mol. The molecule has 0 spiro atoms. The molecule has 1 aliphatic rings. The van der Waals surface area contributed by atoms with Crippen LogP contribution in [-0.2, 0) is 11.3 Å². The highest BCUT2D eigenvalue weighted by Crippen LogP contribution is 2.26. The number of piperidine rings is 1. The van der Waals surface area contributed by atoms with Crippen LogP contribution in [-0.4, -0.2) is 39.2 Å². The maximum atomic E-state index is 14.2. The summed E-state index contributed by atoms with van der Waals surface area (Å²) in [5, 5.41) is 0.753. The minimum atomic E-state index is -0.227. The maximum absolute atomic E-state index is 14.2. The summed E-state index contributed by atoms with van der Waals surface area (Å²) in [7, 11) is 0. The number of rotatable bonds is 5. The van der Waals surface area contributed by atoms with E-state index in [9.17, 15) is 9.18 Å². The van der Waals surface area contributed by atoms with Crippen LogP contribution < -0.4 is 0 Å². The first kappa shape index (κ1) is 19.0. The molecule has 1 unspecified atom stereocenters. The van der Waals surface area contributed by atoms with Crippen molar-refractivity contribution >= 4 is 28.7 Å². The molecule has 6 heteroatoms. The SMILES string of the molecule is CC1CCCN(C(=O)CSc2nc3ccccc3n2Cc2ccccc2F)C1. The Morgan fingerprint density at radius 1 is 1.21 bits per heavy atom. The van der Waals surface area contributed by atoms with Crippen LogP contribution in [0.5, 0.6) is 0 Å². The van der Waals surface area contributed by atoms with Gasteiger partial charge in [-0.25, -0.2) is 9.37 Å². The Morgan fingerprint density at radius 3 is 2.82 bits per heavy atom. The normalized spacial score (nSPS) is 17.2. The van der Waals surface area contributed by atoms with Crippen LogP contribution in [0.3, 0.4) is 0 Å². The zero-order valence-corrected chi connectivity index (χ0v) is 16.8. The van der Waals surface area contributed by atoms with E-state index >= 15 is 0 Å². The topological polar surface area (TPSA) is 38.1 Å². The van der Waals surface area contributed by atoms with Crippen molar-refractivity contribution in [2.75, 3.05) is 18.8 Å². The van der Waals surface area contributed by atoms with E-state index in [1.807, 2.05) is 39.8 Å². The van der Waals surface area contributed by atoms with E-state index in [4.69, 9.17) is 4.98 Å². The maximum Gasteiger partial charge on any atom is 0.233 e. The third-order valence-corrected chi connectivity index (χ3v) is 6.20. The Hall–Kier alpha value is -2.34. The van der Waals surface area contributed by atoms with Gasteiger partial charge >= 0.3 is 0 Å². The monoisotopic (exact) mass is 397 g/mol. The number of likely N-dealkylation sites (tertiary alicyclic amines) is 1. The van der Waals surface area contributed by atoms with Gasteiger partial charge in [-0.3, -0.25) is 4.79 Å². The third-order valence-electron chi connectivity index (χ3n) is 5.24. The summed E-state index contributed by atoms with van der Waals surface area (Å²) in [6, 6.07) is 14.6. The fraction of sp³-hybridized carbons (Fsp3) is 0.364. The summed E-state index contributed by atoms with van der Waals surface area (Å²) in [6.45, 7) is 4.27. The van der Waals surface area contributed by atoms with Gasteiger partial charge in [-0.2, -0.15) is 0 Å². The fourth-order valence-electron chi connectivity index (χ4n) is 3.75. The quantitative estimate of drug-likeness (QED) is 0.592. The number of hydrogen-bond acceptors (Lipinski definition) is 3. The number of carbonyl (C=O) groups excluding carboxylic acids is 1. The van der Waals surface area contributed by atoms with Crippen molar-refractivity contribution in [1.82, 2.24) is 14.5 Å². The van der Waals surface area contributed by atoms with Crippen molar-refractivity contribution in [2.24, 2.45) is 5.92 Å². The lowest BCUT2D eigenvalue weighted by Crippen LogP contribution is -2.40. The molecule has 2 heterocycles. The van der Waals surface area contributed by atoms with Crippen LogP contribution in [0.15, 0.2) is 53.7 Å². The van der Waals surface area contributed by atoms with E-state index in [0.29, 0.717) is 23.8 Å². The molecule has 4 nitrogen and oxygen atoms in total. The van der Waals surface area contributed by atoms with Gasteiger partial charge in [-0.1, -0.05) is 49.0 Å². The third kappa shape index (κ3) is 4.07. The molecule has 1 atom stereocenters. The Bertz CT molecular complexity index is 987.